The number of fused-ring (bicyclic) bond motifs is 1. The van der Waals surface area contributed by atoms with E-state index in [-0.39, 0.29) is 11.8 Å². The van der Waals surface area contributed by atoms with Crippen LogP contribution in [-0.4, -0.2) is 52.8 Å². The minimum absolute atomic E-state index is 0.0180. The maximum Gasteiger partial charge on any atom is 0.253 e. The van der Waals surface area contributed by atoms with Crippen molar-refractivity contribution in [1.82, 2.24) is 14.8 Å². The molecule has 1 aliphatic rings. The summed E-state index contributed by atoms with van der Waals surface area (Å²) in [6.45, 7) is 4.12. The fourth-order valence-electron chi connectivity index (χ4n) is 3.45. The second-order valence-corrected chi connectivity index (χ2v) is 6.72. The van der Waals surface area contributed by atoms with Crippen molar-refractivity contribution < 1.29 is 14.0 Å². The molecule has 0 N–H and O–H groups in total. The number of carbonyl (C=O) groups excluding carboxylic acids is 2. The van der Waals surface area contributed by atoms with E-state index in [1.165, 1.54) is 0 Å². The predicted molar refractivity (Wildman–Crippen MR) is 102 cm³/mol. The van der Waals surface area contributed by atoms with Crippen LogP contribution in [0.15, 0.2) is 52.9 Å². The Morgan fingerprint density at radius 3 is 2.26 bits per heavy atom. The molecule has 1 saturated heterocycles. The zero-order chi connectivity index (χ0) is 18.8. The number of benzene rings is 2. The molecular formula is C21H21N3O3. The lowest BCUT2D eigenvalue weighted by atomic mass is 10.1. The van der Waals surface area contributed by atoms with Gasteiger partial charge in [-0.1, -0.05) is 18.2 Å². The van der Waals surface area contributed by atoms with Crippen molar-refractivity contribution in [1.29, 1.82) is 0 Å². The summed E-state index contributed by atoms with van der Waals surface area (Å²) in [5.41, 5.74) is 2.65. The quantitative estimate of drug-likeness (QED) is 0.702. The molecule has 4 rings (SSSR count). The predicted octanol–water partition coefficient (Wildman–Crippen LogP) is 3.12. The van der Waals surface area contributed by atoms with Gasteiger partial charge in [0.05, 0.1) is 0 Å². The number of amides is 2. The van der Waals surface area contributed by atoms with E-state index in [9.17, 15) is 9.59 Å². The first-order chi connectivity index (χ1) is 13.1. The molecular weight excluding hydrogens is 342 g/mol. The van der Waals surface area contributed by atoms with Gasteiger partial charge >= 0.3 is 0 Å². The molecule has 0 radical (unpaired) electrons. The van der Waals surface area contributed by atoms with Crippen LogP contribution >= 0.6 is 0 Å². The molecule has 0 aliphatic carbocycles. The van der Waals surface area contributed by atoms with Crippen LogP contribution in [0.2, 0.25) is 0 Å². The highest BCUT2D eigenvalue weighted by atomic mass is 16.3. The third-order valence-electron chi connectivity index (χ3n) is 4.83. The largest absolute Gasteiger partial charge is 0.441 e. The minimum atomic E-state index is -0.0356. The summed E-state index contributed by atoms with van der Waals surface area (Å²) in [5.74, 6) is 0.565. The minimum Gasteiger partial charge on any atom is -0.441 e. The Labute approximate surface area is 157 Å². The second-order valence-electron chi connectivity index (χ2n) is 6.72. The average Bonchev–Trinajstić information content (AvgIpc) is 2.90. The van der Waals surface area contributed by atoms with Crippen LogP contribution in [0.1, 0.15) is 33.0 Å². The number of aryl methyl sites for hydroxylation is 1. The lowest BCUT2D eigenvalue weighted by Gasteiger charge is -2.22. The van der Waals surface area contributed by atoms with Crippen LogP contribution in [0.3, 0.4) is 0 Å². The zero-order valence-electron chi connectivity index (χ0n) is 15.2. The van der Waals surface area contributed by atoms with Crippen LogP contribution in [0.25, 0.3) is 11.1 Å². The van der Waals surface area contributed by atoms with Gasteiger partial charge in [-0.2, -0.15) is 0 Å². The zero-order valence-corrected chi connectivity index (χ0v) is 15.2. The molecule has 0 saturated carbocycles. The van der Waals surface area contributed by atoms with E-state index in [1.807, 2.05) is 40.1 Å². The van der Waals surface area contributed by atoms with E-state index < -0.39 is 0 Å². The maximum absolute atomic E-state index is 12.9. The van der Waals surface area contributed by atoms with Gasteiger partial charge in [0, 0.05) is 44.2 Å². The summed E-state index contributed by atoms with van der Waals surface area (Å²) < 4.78 is 5.47. The topological polar surface area (TPSA) is 66.7 Å². The summed E-state index contributed by atoms with van der Waals surface area (Å²) in [7, 11) is 0. The fraction of sp³-hybridized carbons (Fsp3) is 0.286. The van der Waals surface area contributed by atoms with Gasteiger partial charge in [0.1, 0.15) is 5.52 Å². The molecule has 0 spiro atoms. The molecule has 138 valence electrons. The van der Waals surface area contributed by atoms with Crippen molar-refractivity contribution in [2.75, 3.05) is 26.2 Å². The molecule has 1 fully saturated rings. The molecule has 0 unspecified atom stereocenters. The summed E-state index contributed by atoms with van der Waals surface area (Å²) in [6, 6.07) is 14.6. The Morgan fingerprint density at radius 2 is 1.56 bits per heavy atom. The summed E-state index contributed by atoms with van der Waals surface area (Å²) in [4.78, 5) is 33.5. The molecule has 1 aliphatic heterocycles. The van der Waals surface area contributed by atoms with Crippen LogP contribution < -0.4 is 0 Å². The monoisotopic (exact) mass is 363 g/mol. The van der Waals surface area contributed by atoms with Gasteiger partial charge in [0.25, 0.3) is 11.8 Å². The SMILES string of the molecule is Cc1nc2cc(C(=O)N3CCCN(C(=O)c4ccccc4)CC3)ccc2o1. The van der Waals surface area contributed by atoms with Gasteiger partial charge in [0.2, 0.25) is 0 Å². The molecule has 0 atom stereocenters. The van der Waals surface area contributed by atoms with E-state index in [0.29, 0.717) is 54.3 Å². The van der Waals surface area contributed by atoms with E-state index in [2.05, 4.69) is 4.98 Å². The van der Waals surface area contributed by atoms with Crippen molar-refractivity contribution >= 4 is 22.9 Å². The molecule has 6 heteroatoms. The number of oxazole rings is 1. The molecule has 0 bridgehead atoms. The number of aromatic nitrogens is 1. The van der Waals surface area contributed by atoms with Crippen molar-refractivity contribution in [3.8, 4) is 0 Å². The van der Waals surface area contributed by atoms with Gasteiger partial charge in [-0.05, 0) is 36.8 Å². The van der Waals surface area contributed by atoms with Gasteiger partial charge in [-0.15, -0.1) is 0 Å². The Hall–Kier alpha value is -3.15. The Bertz CT molecular complexity index is 981. The molecule has 2 aromatic carbocycles. The highest BCUT2D eigenvalue weighted by molar-refractivity contribution is 5.97. The summed E-state index contributed by atoms with van der Waals surface area (Å²) in [6.07, 6.45) is 0.760. The first-order valence-electron chi connectivity index (χ1n) is 9.12. The van der Waals surface area contributed by atoms with Gasteiger partial charge < -0.3 is 14.2 Å². The van der Waals surface area contributed by atoms with Gasteiger partial charge in [0.15, 0.2) is 11.5 Å². The van der Waals surface area contributed by atoms with E-state index in [4.69, 9.17) is 4.42 Å². The van der Waals surface area contributed by atoms with Crippen LogP contribution in [0.4, 0.5) is 0 Å². The first kappa shape index (κ1) is 17.3. The van der Waals surface area contributed by atoms with Crippen molar-refractivity contribution in [2.45, 2.75) is 13.3 Å². The molecule has 2 heterocycles. The Kier molecular flexibility index (Phi) is 4.62. The van der Waals surface area contributed by atoms with Crippen molar-refractivity contribution in [3.05, 3.63) is 65.5 Å². The lowest BCUT2D eigenvalue weighted by Crippen LogP contribution is -2.37. The molecule has 3 aromatic rings. The average molecular weight is 363 g/mol. The van der Waals surface area contributed by atoms with Gasteiger partial charge in [-0.25, -0.2) is 4.98 Å². The first-order valence-corrected chi connectivity index (χ1v) is 9.12. The third-order valence-corrected chi connectivity index (χ3v) is 4.83. The number of hydrogen-bond donors (Lipinski definition) is 0. The van der Waals surface area contributed by atoms with E-state index in [1.54, 1.807) is 25.1 Å². The second kappa shape index (κ2) is 7.23. The smallest absolute Gasteiger partial charge is 0.253 e. The standard InChI is InChI=1S/C21H21N3O3/c1-15-22-18-14-17(8-9-19(18)27-15)21(26)24-11-5-10-23(12-13-24)20(25)16-6-3-2-4-7-16/h2-4,6-9,14H,5,10-13H2,1H3. The number of nitrogens with zero attached hydrogens (tertiary/aromatic N) is 3. The Balaban J connectivity index is 1.47. The van der Waals surface area contributed by atoms with E-state index >= 15 is 0 Å². The normalized spacial score (nSPS) is 15.0. The van der Waals surface area contributed by atoms with Crippen molar-refractivity contribution in [2.24, 2.45) is 0 Å². The number of hydrogen-bond acceptors (Lipinski definition) is 4. The van der Waals surface area contributed by atoms with Gasteiger partial charge in [-0.3, -0.25) is 9.59 Å². The Morgan fingerprint density at radius 1 is 0.889 bits per heavy atom. The van der Waals surface area contributed by atoms with Crippen LogP contribution in [0, 0.1) is 6.92 Å². The summed E-state index contributed by atoms with van der Waals surface area (Å²) >= 11 is 0. The van der Waals surface area contributed by atoms with Crippen LogP contribution in [-0.2, 0) is 0 Å². The highest BCUT2D eigenvalue weighted by Gasteiger charge is 2.23. The lowest BCUT2D eigenvalue weighted by molar-refractivity contribution is 0.0719. The summed E-state index contributed by atoms with van der Waals surface area (Å²) in [5, 5.41) is 0. The molecule has 27 heavy (non-hydrogen) atoms. The maximum atomic E-state index is 12.9. The van der Waals surface area contributed by atoms with E-state index in [0.717, 1.165) is 6.42 Å². The fourth-order valence-corrected chi connectivity index (χ4v) is 3.45. The molecule has 1 aromatic heterocycles. The number of carbonyl (C=O) groups is 2. The van der Waals surface area contributed by atoms with Crippen molar-refractivity contribution in [3.63, 3.8) is 0 Å². The van der Waals surface area contributed by atoms with Crippen LogP contribution in [0.5, 0.6) is 0 Å². The number of rotatable bonds is 2. The molecule has 2 amide bonds. The third kappa shape index (κ3) is 3.56. The highest BCUT2D eigenvalue weighted by Crippen LogP contribution is 2.19. The molecule has 6 nitrogen and oxygen atoms in total.